The Morgan fingerprint density at radius 1 is 1.19 bits per heavy atom. The number of sulfonamides is 1. The molecule has 0 amide bonds. The van der Waals surface area contributed by atoms with E-state index in [0.29, 0.717) is 29.6 Å². The Bertz CT molecular complexity index is 1210. The number of morpholine rings is 1. The number of ether oxygens (including phenoxy) is 1. The third kappa shape index (κ3) is 4.23. The molecule has 1 aliphatic heterocycles. The van der Waals surface area contributed by atoms with Crippen molar-refractivity contribution in [3.05, 3.63) is 64.3 Å². The van der Waals surface area contributed by atoms with Crippen LogP contribution in [0.3, 0.4) is 0 Å². The molecule has 1 saturated heterocycles. The molecule has 5 rings (SSSR count). The van der Waals surface area contributed by atoms with Crippen molar-refractivity contribution < 1.29 is 13.2 Å². The minimum absolute atomic E-state index is 0.242. The number of nitrogens with zero attached hydrogens (tertiary/aromatic N) is 3. The van der Waals surface area contributed by atoms with Crippen molar-refractivity contribution in [2.24, 2.45) is 0 Å². The first-order valence-corrected chi connectivity index (χ1v) is 12.6. The van der Waals surface area contributed by atoms with E-state index in [1.807, 2.05) is 43.5 Å². The molecule has 1 fully saturated rings. The number of pyridine rings is 1. The summed E-state index contributed by atoms with van der Waals surface area (Å²) in [6, 6.07) is 11.2. The van der Waals surface area contributed by atoms with Crippen LogP contribution in [0.4, 0.5) is 10.9 Å². The number of hydrogen-bond acceptors (Lipinski definition) is 7. The van der Waals surface area contributed by atoms with E-state index in [4.69, 9.17) is 4.74 Å². The maximum Gasteiger partial charge on any atom is 0.243 e. The molecule has 0 bridgehead atoms. The SMILES string of the molecule is Cc1cnc(Nc2cccc(C3CN(S(=O)(=O)c4ccc5c(c4)CCC5)CCO3)n2)s1. The van der Waals surface area contributed by atoms with E-state index in [9.17, 15) is 8.42 Å². The Balaban J connectivity index is 1.35. The molecule has 0 spiro atoms. The van der Waals surface area contributed by atoms with Gasteiger partial charge in [-0.1, -0.05) is 12.1 Å². The normalized spacial score (nSPS) is 19.3. The van der Waals surface area contributed by atoms with Crippen LogP contribution in [0.5, 0.6) is 0 Å². The van der Waals surface area contributed by atoms with Gasteiger partial charge in [0.2, 0.25) is 10.0 Å². The number of hydrogen-bond donors (Lipinski definition) is 1. The predicted octanol–water partition coefficient (Wildman–Crippen LogP) is 3.84. The van der Waals surface area contributed by atoms with Gasteiger partial charge in [-0.2, -0.15) is 4.31 Å². The fraction of sp³-hybridized carbons (Fsp3) is 0.364. The highest BCUT2D eigenvalue weighted by molar-refractivity contribution is 7.89. The number of anilines is 2. The first-order valence-electron chi connectivity index (χ1n) is 10.4. The smallest absolute Gasteiger partial charge is 0.243 e. The van der Waals surface area contributed by atoms with Crippen LogP contribution in [0.15, 0.2) is 47.5 Å². The van der Waals surface area contributed by atoms with Gasteiger partial charge in [0.1, 0.15) is 11.9 Å². The summed E-state index contributed by atoms with van der Waals surface area (Å²) in [5, 5.41) is 3.98. The molecule has 2 aliphatic rings. The van der Waals surface area contributed by atoms with Crippen molar-refractivity contribution in [1.29, 1.82) is 0 Å². The van der Waals surface area contributed by atoms with Gasteiger partial charge in [0.25, 0.3) is 0 Å². The van der Waals surface area contributed by atoms with E-state index in [0.717, 1.165) is 34.8 Å². The maximum atomic E-state index is 13.3. The summed E-state index contributed by atoms with van der Waals surface area (Å²) < 4.78 is 34.0. The van der Waals surface area contributed by atoms with Crippen molar-refractivity contribution in [1.82, 2.24) is 14.3 Å². The topological polar surface area (TPSA) is 84.4 Å². The number of benzene rings is 1. The fourth-order valence-corrected chi connectivity index (χ4v) is 6.25. The van der Waals surface area contributed by atoms with Crippen molar-refractivity contribution in [3.63, 3.8) is 0 Å². The zero-order valence-electron chi connectivity index (χ0n) is 17.2. The molecule has 0 radical (unpaired) electrons. The molecule has 1 aromatic carbocycles. The first-order chi connectivity index (χ1) is 15.0. The first kappa shape index (κ1) is 20.6. The van der Waals surface area contributed by atoms with E-state index in [1.54, 1.807) is 17.4 Å². The molecule has 7 nitrogen and oxygen atoms in total. The lowest BCUT2D eigenvalue weighted by Crippen LogP contribution is -2.42. The largest absolute Gasteiger partial charge is 0.369 e. The average molecular weight is 457 g/mol. The molecule has 162 valence electrons. The monoisotopic (exact) mass is 456 g/mol. The predicted molar refractivity (Wildman–Crippen MR) is 120 cm³/mol. The molecule has 3 aromatic rings. The third-order valence-corrected chi connectivity index (χ3v) is 8.38. The van der Waals surface area contributed by atoms with Gasteiger partial charge in [-0.15, -0.1) is 11.3 Å². The molecule has 1 N–H and O–H groups in total. The summed E-state index contributed by atoms with van der Waals surface area (Å²) in [5.41, 5.74) is 3.12. The minimum Gasteiger partial charge on any atom is -0.369 e. The van der Waals surface area contributed by atoms with Crippen LogP contribution in [0, 0.1) is 6.92 Å². The van der Waals surface area contributed by atoms with E-state index in [-0.39, 0.29) is 6.54 Å². The van der Waals surface area contributed by atoms with E-state index >= 15 is 0 Å². The van der Waals surface area contributed by atoms with Crippen LogP contribution in [0.25, 0.3) is 0 Å². The Hall–Kier alpha value is -2.33. The summed E-state index contributed by atoms with van der Waals surface area (Å²) in [7, 11) is -3.58. The van der Waals surface area contributed by atoms with Gasteiger partial charge in [0.05, 0.1) is 17.2 Å². The van der Waals surface area contributed by atoms with Crippen LogP contribution in [-0.2, 0) is 27.6 Å². The van der Waals surface area contributed by atoms with Crippen molar-refractivity contribution in [3.8, 4) is 0 Å². The standard InChI is InChI=1S/C22H24N4O3S2/c1-15-13-23-22(30-15)25-21-7-3-6-19(24-21)20-14-26(10-11-29-20)31(27,28)18-9-8-16-4-2-5-17(16)12-18/h3,6-9,12-13,20H,2,4-5,10-11,14H2,1H3,(H,23,24,25). The van der Waals surface area contributed by atoms with Crippen molar-refractivity contribution in [2.75, 3.05) is 25.0 Å². The molecule has 0 saturated carbocycles. The zero-order chi connectivity index (χ0) is 21.4. The molecular formula is C22H24N4O3S2. The highest BCUT2D eigenvalue weighted by Gasteiger charge is 2.32. The molecule has 1 aliphatic carbocycles. The van der Waals surface area contributed by atoms with Gasteiger partial charge < -0.3 is 10.1 Å². The molecule has 31 heavy (non-hydrogen) atoms. The van der Waals surface area contributed by atoms with Crippen LogP contribution in [-0.4, -0.2) is 42.4 Å². The maximum absolute atomic E-state index is 13.3. The van der Waals surface area contributed by atoms with E-state index < -0.39 is 16.1 Å². The number of thiazole rings is 1. The lowest BCUT2D eigenvalue weighted by molar-refractivity contribution is -0.00486. The quantitative estimate of drug-likeness (QED) is 0.628. The second-order valence-electron chi connectivity index (χ2n) is 7.86. The highest BCUT2D eigenvalue weighted by atomic mass is 32.2. The Morgan fingerprint density at radius 2 is 2.06 bits per heavy atom. The average Bonchev–Trinajstić information content (AvgIpc) is 3.42. The van der Waals surface area contributed by atoms with Gasteiger partial charge in [-0.3, -0.25) is 0 Å². The van der Waals surface area contributed by atoms with Crippen molar-refractivity contribution in [2.45, 2.75) is 37.2 Å². The second-order valence-corrected chi connectivity index (χ2v) is 11.0. The minimum atomic E-state index is -3.58. The molecule has 2 aromatic heterocycles. The summed E-state index contributed by atoms with van der Waals surface area (Å²) in [6.07, 6.45) is 4.47. The van der Waals surface area contributed by atoms with E-state index in [2.05, 4.69) is 15.3 Å². The van der Waals surface area contributed by atoms with Gasteiger partial charge in [0.15, 0.2) is 5.13 Å². The lowest BCUT2D eigenvalue weighted by Gasteiger charge is -2.32. The van der Waals surface area contributed by atoms with E-state index in [1.165, 1.54) is 9.87 Å². The summed E-state index contributed by atoms with van der Waals surface area (Å²) in [5.74, 6) is 0.661. The number of aryl methyl sites for hydroxylation is 3. The number of fused-ring (bicyclic) bond motifs is 1. The molecular weight excluding hydrogens is 432 g/mol. The van der Waals surface area contributed by atoms with Crippen LogP contribution in [0.2, 0.25) is 0 Å². The van der Waals surface area contributed by atoms with Crippen molar-refractivity contribution >= 4 is 32.3 Å². The number of aromatic nitrogens is 2. The number of rotatable bonds is 5. The van der Waals surface area contributed by atoms with Crippen LogP contribution in [0.1, 0.15) is 34.2 Å². The fourth-order valence-electron chi connectivity index (χ4n) is 4.10. The van der Waals surface area contributed by atoms with Gasteiger partial charge in [-0.05, 0) is 61.6 Å². The van der Waals surface area contributed by atoms with Crippen LogP contribution >= 0.6 is 11.3 Å². The lowest BCUT2D eigenvalue weighted by atomic mass is 10.1. The van der Waals surface area contributed by atoms with Crippen LogP contribution < -0.4 is 5.32 Å². The van der Waals surface area contributed by atoms with Gasteiger partial charge >= 0.3 is 0 Å². The third-order valence-electron chi connectivity index (χ3n) is 5.69. The molecule has 1 unspecified atom stereocenters. The van der Waals surface area contributed by atoms with Gasteiger partial charge in [0, 0.05) is 24.2 Å². The molecule has 1 atom stereocenters. The summed E-state index contributed by atoms with van der Waals surface area (Å²) >= 11 is 1.55. The zero-order valence-corrected chi connectivity index (χ0v) is 18.9. The summed E-state index contributed by atoms with van der Waals surface area (Å²) in [4.78, 5) is 10.4. The molecule has 9 heteroatoms. The highest BCUT2D eigenvalue weighted by Crippen LogP contribution is 2.30. The Labute approximate surface area is 186 Å². The van der Waals surface area contributed by atoms with Gasteiger partial charge in [-0.25, -0.2) is 18.4 Å². The Morgan fingerprint density at radius 3 is 2.90 bits per heavy atom. The second kappa shape index (κ2) is 8.31. The molecule has 3 heterocycles. The Kier molecular flexibility index (Phi) is 5.51. The number of nitrogens with one attached hydrogen (secondary N) is 1. The summed E-state index contributed by atoms with van der Waals surface area (Å²) in [6.45, 7) is 2.91.